The van der Waals surface area contributed by atoms with Crippen molar-refractivity contribution in [2.24, 2.45) is 11.8 Å². The molecule has 224 valence electrons. The third kappa shape index (κ3) is 32.1. The number of unbranched alkanes of at least 4 members (excludes halogenated alkanes) is 24. The maximum atomic E-state index is 2.51. The lowest BCUT2D eigenvalue weighted by atomic mass is 9.95. The Labute approximate surface area is 238 Å². The van der Waals surface area contributed by atoms with Crippen LogP contribution in [0.15, 0.2) is 0 Å². The van der Waals surface area contributed by atoms with Gasteiger partial charge in [0.05, 0.1) is 0 Å². The summed E-state index contributed by atoms with van der Waals surface area (Å²) in [6.45, 7) is 9.59. The molecule has 0 N–H and O–H groups in total. The molecule has 0 aromatic heterocycles. The molecule has 2 atom stereocenters. The molecular weight excluding hydrogens is 444 g/mol. The molecule has 0 radical (unpaired) electrons. The molecule has 0 aliphatic rings. The van der Waals surface area contributed by atoms with Gasteiger partial charge in [0.1, 0.15) is 0 Å². The monoisotopic (exact) mass is 521 g/mol. The summed E-state index contributed by atoms with van der Waals surface area (Å²) in [5, 5.41) is 0. The molecular formula is C37H76. The smallest absolute Gasteiger partial charge is 0.0443 e. The van der Waals surface area contributed by atoms with Gasteiger partial charge in [-0.3, -0.25) is 0 Å². The number of rotatable bonds is 32. The molecule has 0 rings (SSSR count). The van der Waals surface area contributed by atoms with Gasteiger partial charge in [0.2, 0.25) is 0 Å². The minimum Gasteiger partial charge on any atom is -0.0654 e. The SMILES string of the molecule is CCCCCCCCCCCCCCCCCCCCC(C)CCCCCCCCCC(C)CCCC. The highest BCUT2D eigenvalue weighted by atomic mass is 14.1. The van der Waals surface area contributed by atoms with Gasteiger partial charge in [0.15, 0.2) is 0 Å². The lowest BCUT2D eigenvalue weighted by molar-refractivity contribution is 0.425. The summed E-state index contributed by atoms with van der Waals surface area (Å²) in [6, 6.07) is 0. The Hall–Kier alpha value is 0. The van der Waals surface area contributed by atoms with E-state index < -0.39 is 0 Å². The van der Waals surface area contributed by atoms with Crippen molar-refractivity contribution in [3.63, 3.8) is 0 Å². The van der Waals surface area contributed by atoms with E-state index in [2.05, 4.69) is 27.7 Å². The van der Waals surface area contributed by atoms with Crippen LogP contribution in [0.1, 0.15) is 227 Å². The zero-order valence-electron chi connectivity index (χ0n) is 27.1. The van der Waals surface area contributed by atoms with Crippen molar-refractivity contribution in [1.82, 2.24) is 0 Å². The van der Waals surface area contributed by atoms with Crippen LogP contribution in [0.2, 0.25) is 0 Å². The third-order valence-corrected chi connectivity index (χ3v) is 8.99. The first-order valence-corrected chi connectivity index (χ1v) is 18.2. The predicted octanol–water partition coefficient (Wildman–Crippen LogP) is 14.4. The highest BCUT2D eigenvalue weighted by Gasteiger charge is 2.03. The Balaban J connectivity index is 3.17. The van der Waals surface area contributed by atoms with Crippen LogP contribution in [0.25, 0.3) is 0 Å². The maximum Gasteiger partial charge on any atom is -0.0443 e. The van der Waals surface area contributed by atoms with Crippen LogP contribution < -0.4 is 0 Å². The highest BCUT2D eigenvalue weighted by Crippen LogP contribution is 2.20. The molecule has 0 heteroatoms. The van der Waals surface area contributed by atoms with Crippen LogP contribution >= 0.6 is 0 Å². The van der Waals surface area contributed by atoms with Gasteiger partial charge >= 0.3 is 0 Å². The van der Waals surface area contributed by atoms with E-state index in [1.54, 1.807) is 0 Å². The molecule has 0 spiro atoms. The first-order chi connectivity index (χ1) is 18.2. The molecule has 0 bridgehead atoms. The maximum absolute atomic E-state index is 2.51. The van der Waals surface area contributed by atoms with Crippen molar-refractivity contribution in [2.45, 2.75) is 227 Å². The second-order valence-electron chi connectivity index (χ2n) is 13.2. The second-order valence-corrected chi connectivity index (χ2v) is 13.2. The molecule has 2 unspecified atom stereocenters. The number of hydrogen-bond acceptors (Lipinski definition) is 0. The summed E-state index contributed by atoms with van der Waals surface area (Å²) in [5.41, 5.74) is 0. The van der Waals surface area contributed by atoms with Crippen molar-refractivity contribution >= 4 is 0 Å². The van der Waals surface area contributed by atoms with Gasteiger partial charge in [-0.2, -0.15) is 0 Å². The van der Waals surface area contributed by atoms with E-state index >= 15 is 0 Å². The zero-order valence-corrected chi connectivity index (χ0v) is 27.1. The molecule has 0 aromatic rings. The van der Waals surface area contributed by atoms with Crippen molar-refractivity contribution in [3.8, 4) is 0 Å². The Morgan fingerprint density at radius 2 is 0.432 bits per heavy atom. The molecule has 0 amide bonds. The average molecular weight is 521 g/mol. The minimum atomic E-state index is 0.963. The molecule has 37 heavy (non-hydrogen) atoms. The van der Waals surface area contributed by atoms with E-state index in [1.807, 2.05) is 0 Å². The van der Waals surface area contributed by atoms with Crippen molar-refractivity contribution in [1.29, 1.82) is 0 Å². The van der Waals surface area contributed by atoms with E-state index in [0.29, 0.717) is 0 Å². The van der Waals surface area contributed by atoms with Crippen LogP contribution in [-0.4, -0.2) is 0 Å². The normalized spacial score (nSPS) is 13.3. The molecule has 0 aliphatic heterocycles. The molecule has 0 saturated carbocycles. The van der Waals surface area contributed by atoms with Gasteiger partial charge in [0, 0.05) is 0 Å². The molecule has 0 fully saturated rings. The fourth-order valence-corrected chi connectivity index (χ4v) is 6.11. The van der Waals surface area contributed by atoms with Crippen LogP contribution in [0.4, 0.5) is 0 Å². The van der Waals surface area contributed by atoms with E-state index in [-0.39, 0.29) is 0 Å². The van der Waals surface area contributed by atoms with E-state index in [4.69, 9.17) is 0 Å². The first-order valence-electron chi connectivity index (χ1n) is 18.2. The summed E-state index contributed by atoms with van der Waals surface area (Å²) in [6.07, 6.45) is 45.7. The molecule has 0 saturated heterocycles. The second kappa shape index (κ2) is 32.2. The Morgan fingerprint density at radius 3 is 0.676 bits per heavy atom. The lowest BCUT2D eigenvalue weighted by Crippen LogP contribution is -1.95. The molecule has 0 aliphatic carbocycles. The summed E-state index contributed by atoms with van der Waals surface area (Å²) < 4.78 is 0. The highest BCUT2D eigenvalue weighted by molar-refractivity contribution is 4.57. The van der Waals surface area contributed by atoms with Crippen LogP contribution in [0.3, 0.4) is 0 Å². The van der Waals surface area contributed by atoms with Gasteiger partial charge in [-0.05, 0) is 11.8 Å². The predicted molar refractivity (Wildman–Crippen MR) is 173 cm³/mol. The van der Waals surface area contributed by atoms with E-state index in [0.717, 1.165) is 11.8 Å². The minimum absolute atomic E-state index is 0.963. The van der Waals surface area contributed by atoms with Crippen molar-refractivity contribution < 1.29 is 0 Å². The standard InChI is InChI=1S/C37H76/c1-5-7-9-10-11-12-13-14-15-16-17-18-19-20-21-23-26-30-34-37(4)35-31-28-25-22-24-27-29-33-36(3)32-8-6-2/h36-37H,5-35H2,1-4H3. The topological polar surface area (TPSA) is 0 Å². The molecule has 0 aromatic carbocycles. The van der Waals surface area contributed by atoms with E-state index in [9.17, 15) is 0 Å². The zero-order chi connectivity index (χ0) is 27.1. The fourth-order valence-electron chi connectivity index (χ4n) is 6.11. The average Bonchev–Trinajstić information content (AvgIpc) is 2.90. The van der Waals surface area contributed by atoms with E-state index in [1.165, 1.54) is 199 Å². The Kier molecular flexibility index (Phi) is 32.2. The van der Waals surface area contributed by atoms with Gasteiger partial charge in [-0.15, -0.1) is 0 Å². The van der Waals surface area contributed by atoms with Crippen molar-refractivity contribution in [2.75, 3.05) is 0 Å². The molecule has 0 nitrogen and oxygen atoms in total. The summed E-state index contributed by atoms with van der Waals surface area (Å²) >= 11 is 0. The van der Waals surface area contributed by atoms with Gasteiger partial charge < -0.3 is 0 Å². The quantitative estimate of drug-likeness (QED) is 0.0773. The van der Waals surface area contributed by atoms with Crippen LogP contribution in [-0.2, 0) is 0 Å². The van der Waals surface area contributed by atoms with Gasteiger partial charge in [-0.1, -0.05) is 227 Å². The van der Waals surface area contributed by atoms with Crippen LogP contribution in [0, 0.1) is 11.8 Å². The molecule has 0 heterocycles. The number of hydrogen-bond donors (Lipinski definition) is 0. The summed E-state index contributed by atoms with van der Waals surface area (Å²) in [5.74, 6) is 1.93. The van der Waals surface area contributed by atoms with Gasteiger partial charge in [0.25, 0.3) is 0 Å². The van der Waals surface area contributed by atoms with Gasteiger partial charge in [-0.25, -0.2) is 0 Å². The fraction of sp³-hybridized carbons (Fsp3) is 1.00. The lowest BCUT2D eigenvalue weighted by Gasteiger charge is -2.11. The largest absolute Gasteiger partial charge is 0.0654 e. The third-order valence-electron chi connectivity index (χ3n) is 8.99. The van der Waals surface area contributed by atoms with Crippen LogP contribution in [0.5, 0.6) is 0 Å². The van der Waals surface area contributed by atoms with Crippen molar-refractivity contribution in [3.05, 3.63) is 0 Å². The Morgan fingerprint density at radius 1 is 0.243 bits per heavy atom. The Bertz CT molecular complexity index is 385. The summed E-state index contributed by atoms with van der Waals surface area (Å²) in [7, 11) is 0. The summed E-state index contributed by atoms with van der Waals surface area (Å²) in [4.78, 5) is 0. The first kappa shape index (κ1) is 37.0.